The number of hydrogen-bond acceptors (Lipinski definition) is 2. The molecule has 1 fully saturated rings. The van der Waals surface area contributed by atoms with Gasteiger partial charge in [0, 0.05) is 17.5 Å². The summed E-state index contributed by atoms with van der Waals surface area (Å²) >= 11 is 2.19. The van der Waals surface area contributed by atoms with Crippen LogP contribution in [0.5, 0.6) is 0 Å². The number of aliphatic imine (C=N–C) groups is 1. The van der Waals surface area contributed by atoms with Gasteiger partial charge in [-0.1, -0.05) is 45.8 Å². The van der Waals surface area contributed by atoms with Gasteiger partial charge in [-0.25, -0.2) is 0 Å². The molecular formula is C13H27NSSi. The molecule has 0 N–H and O–H groups in total. The molecule has 0 amide bonds. The van der Waals surface area contributed by atoms with E-state index >= 15 is 0 Å². The van der Waals surface area contributed by atoms with Gasteiger partial charge < -0.3 is 0 Å². The second kappa shape index (κ2) is 6.85. The highest BCUT2D eigenvalue weighted by atomic mass is 32.4. The van der Waals surface area contributed by atoms with Gasteiger partial charge in [-0.15, -0.1) is 0 Å². The SMILES string of the molecule is CC(CC=NC1CCCCC1)S[Si](C)(C)C. The molecule has 0 saturated heterocycles. The van der Waals surface area contributed by atoms with Crippen molar-refractivity contribution in [3.05, 3.63) is 0 Å². The summed E-state index contributed by atoms with van der Waals surface area (Å²) in [6.07, 6.45) is 10.2. The minimum atomic E-state index is -0.955. The summed E-state index contributed by atoms with van der Waals surface area (Å²) in [5.74, 6) is 0. The van der Waals surface area contributed by atoms with Crippen molar-refractivity contribution in [3.8, 4) is 0 Å². The van der Waals surface area contributed by atoms with Crippen molar-refractivity contribution in [2.45, 2.75) is 76.4 Å². The quantitative estimate of drug-likeness (QED) is 0.512. The van der Waals surface area contributed by atoms with E-state index in [1.54, 1.807) is 0 Å². The van der Waals surface area contributed by atoms with Crippen LogP contribution in [-0.2, 0) is 0 Å². The van der Waals surface area contributed by atoms with E-state index in [0.29, 0.717) is 6.04 Å². The first kappa shape index (κ1) is 14.3. The molecule has 16 heavy (non-hydrogen) atoms. The van der Waals surface area contributed by atoms with E-state index in [9.17, 15) is 0 Å². The lowest BCUT2D eigenvalue weighted by Gasteiger charge is -2.20. The van der Waals surface area contributed by atoms with Gasteiger partial charge in [0.05, 0.1) is 0 Å². The Hall–Kier alpha value is 0.237. The third-order valence-corrected chi connectivity index (χ3v) is 7.51. The van der Waals surface area contributed by atoms with Gasteiger partial charge in [0.15, 0.2) is 0 Å². The normalized spacial score (nSPS) is 21.5. The highest BCUT2D eigenvalue weighted by molar-refractivity contribution is 8.29. The maximum absolute atomic E-state index is 4.73. The number of rotatable bonds is 5. The van der Waals surface area contributed by atoms with Crippen LogP contribution in [0, 0.1) is 0 Å². The zero-order chi connectivity index (χ0) is 12.0. The zero-order valence-corrected chi connectivity index (χ0v) is 13.1. The van der Waals surface area contributed by atoms with Crippen LogP contribution in [0.15, 0.2) is 4.99 Å². The third-order valence-electron chi connectivity index (χ3n) is 2.88. The average molecular weight is 258 g/mol. The van der Waals surface area contributed by atoms with Crippen molar-refractivity contribution >= 4 is 24.6 Å². The van der Waals surface area contributed by atoms with Crippen molar-refractivity contribution in [2.24, 2.45) is 4.99 Å². The first-order chi connectivity index (χ1) is 7.47. The van der Waals surface area contributed by atoms with Crippen LogP contribution >= 0.6 is 11.2 Å². The molecule has 1 atom stereocenters. The maximum atomic E-state index is 4.73. The fourth-order valence-corrected chi connectivity index (χ4v) is 7.54. The van der Waals surface area contributed by atoms with E-state index in [1.165, 1.54) is 32.1 Å². The first-order valence-corrected chi connectivity index (χ1v) is 11.8. The average Bonchev–Trinajstić information content (AvgIpc) is 2.16. The second-order valence-electron chi connectivity index (χ2n) is 5.90. The molecule has 1 aliphatic rings. The summed E-state index contributed by atoms with van der Waals surface area (Å²) in [6.45, 7) is 9.61. The van der Waals surface area contributed by atoms with E-state index in [4.69, 9.17) is 4.99 Å². The van der Waals surface area contributed by atoms with Crippen LogP contribution in [-0.4, -0.2) is 24.7 Å². The summed E-state index contributed by atoms with van der Waals surface area (Å²) < 4.78 is 0. The molecule has 1 nitrogen and oxygen atoms in total. The molecule has 0 aliphatic heterocycles. The Bertz CT molecular complexity index is 216. The Balaban J connectivity index is 2.19. The molecule has 0 aromatic carbocycles. The topological polar surface area (TPSA) is 12.4 Å². The Morgan fingerprint density at radius 2 is 1.88 bits per heavy atom. The Morgan fingerprint density at radius 1 is 1.25 bits per heavy atom. The Kier molecular flexibility index (Phi) is 6.12. The van der Waals surface area contributed by atoms with Gasteiger partial charge in [-0.2, -0.15) is 11.2 Å². The summed E-state index contributed by atoms with van der Waals surface area (Å²) in [5, 5.41) is 0.749. The largest absolute Gasteiger partial charge is 0.294 e. The molecule has 0 aromatic heterocycles. The molecule has 1 aliphatic carbocycles. The van der Waals surface area contributed by atoms with Gasteiger partial charge in [-0.05, 0) is 19.3 Å². The van der Waals surface area contributed by atoms with Crippen molar-refractivity contribution in [2.75, 3.05) is 0 Å². The Morgan fingerprint density at radius 3 is 2.44 bits per heavy atom. The minimum Gasteiger partial charge on any atom is -0.294 e. The number of nitrogens with zero attached hydrogens (tertiary/aromatic N) is 1. The standard InChI is InChI=1S/C13H27NSSi/c1-12(15-16(2,3)4)10-11-14-13-8-6-5-7-9-13/h11-13H,5-10H2,1-4H3. The van der Waals surface area contributed by atoms with Crippen LogP contribution in [0.4, 0.5) is 0 Å². The Labute approximate surface area is 106 Å². The van der Waals surface area contributed by atoms with E-state index in [0.717, 1.165) is 11.7 Å². The van der Waals surface area contributed by atoms with Crippen LogP contribution < -0.4 is 0 Å². The summed E-state index contributed by atoms with van der Waals surface area (Å²) in [6, 6.07) is 0.651. The van der Waals surface area contributed by atoms with Crippen LogP contribution in [0.3, 0.4) is 0 Å². The van der Waals surface area contributed by atoms with E-state index in [1.807, 2.05) is 0 Å². The molecule has 0 heterocycles. The zero-order valence-electron chi connectivity index (χ0n) is 11.3. The summed E-state index contributed by atoms with van der Waals surface area (Å²) in [4.78, 5) is 4.73. The van der Waals surface area contributed by atoms with E-state index in [-0.39, 0.29) is 0 Å². The molecule has 0 aromatic rings. The van der Waals surface area contributed by atoms with Crippen LogP contribution in [0.25, 0.3) is 0 Å². The summed E-state index contributed by atoms with van der Waals surface area (Å²) in [5.41, 5.74) is 0. The minimum absolute atomic E-state index is 0.651. The van der Waals surface area contributed by atoms with Gasteiger partial charge in [-0.3, -0.25) is 4.99 Å². The molecule has 0 radical (unpaired) electrons. The second-order valence-corrected chi connectivity index (χ2v) is 15.5. The van der Waals surface area contributed by atoms with Gasteiger partial charge >= 0.3 is 0 Å². The maximum Gasteiger partial charge on any atom is 0.108 e. The summed E-state index contributed by atoms with van der Waals surface area (Å²) in [7, 11) is -0.955. The highest BCUT2D eigenvalue weighted by Crippen LogP contribution is 2.26. The predicted octanol–water partition coefficient (Wildman–Crippen LogP) is 4.74. The van der Waals surface area contributed by atoms with E-state index < -0.39 is 7.22 Å². The van der Waals surface area contributed by atoms with Crippen LogP contribution in [0.1, 0.15) is 45.4 Å². The van der Waals surface area contributed by atoms with Gasteiger partial charge in [0.2, 0.25) is 0 Å². The molecule has 94 valence electrons. The molecule has 1 unspecified atom stereocenters. The monoisotopic (exact) mass is 257 g/mol. The first-order valence-electron chi connectivity index (χ1n) is 6.67. The molecule has 1 saturated carbocycles. The van der Waals surface area contributed by atoms with Crippen molar-refractivity contribution in [1.29, 1.82) is 0 Å². The van der Waals surface area contributed by atoms with Crippen molar-refractivity contribution in [3.63, 3.8) is 0 Å². The predicted molar refractivity (Wildman–Crippen MR) is 80.4 cm³/mol. The lowest BCUT2D eigenvalue weighted by molar-refractivity contribution is 0.444. The van der Waals surface area contributed by atoms with Gasteiger partial charge in [0.1, 0.15) is 7.22 Å². The third kappa shape index (κ3) is 6.74. The molecular weight excluding hydrogens is 230 g/mol. The molecule has 3 heteroatoms. The lowest BCUT2D eigenvalue weighted by Crippen LogP contribution is -2.19. The lowest BCUT2D eigenvalue weighted by atomic mass is 9.96. The van der Waals surface area contributed by atoms with Gasteiger partial charge in [0.25, 0.3) is 0 Å². The molecule has 1 rings (SSSR count). The fraction of sp³-hybridized carbons (Fsp3) is 0.923. The molecule has 0 spiro atoms. The highest BCUT2D eigenvalue weighted by Gasteiger charge is 2.17. The molecule has 0 bridgehead atoms. The van der Waals surface area contributed by atoms with Crippen molar-refractivity contribution in [1.82, 2.24) is 0 Å². The smallest absolute Gasteiger partial charge is 0.108 e. The fourth-order valence-electron chi connectivity index (χ4n) is 2.24. The van der Waals surface area contributed by atoms with Crippen LogP contribution in [0.2, 0.25) is 19.6 Å². The van der Waals surface area contributed by atoms with E-state index in [2.05, 4.69) is 44.0 Å². The number of hydrogen-bond donors (Lipinski definition) is 0. The van der Waals surface area contributed by atoms with Crippen molar-refractivity contribution < 1.29 is 0 Å².